The molecule has 4 nitrogen and oxygen atoms in total. The summed E-state index contributed by atoms with van der Waals surface area (Å²) in [5, 5.41) is 3.06. The lowest BCUT2D eigenvalue weighted by Gasteiger charge is -2.32. The Kier molecular flexibility index (Phi) is 12.3. The molecule has 0 fully saturated rings. The number of hydrogen-bond donors (Lipinski definition) is 2. The molecule has 0 saturated carbocycles. The third-order valence-corrected chi connectivity index (χ3v) is 3.86. The molecule has 21 heavy (non-hydrogen) atoms. The van der Waals surface area contributed by atoms with Crippen molar-refractivity contribution in [2.45, 2.75) is 72.4 Å². The monoisotopic (exact) mass is 321 g/mol. The quantitative estimate of drug-likeness (QED) is 0.650. The van der Waals surface area contributed by atoms with Gasteiger partial charge in [0.05, 0.1) is 5.54 Å². The first-order valence-electron chi connectivity index (χ1n) is 8.09. The minimum Gasteiger partial charge on any atom is -0.353 e. The predicted molar refractivity (Wildman–Crippen MR) is 93.9 cm³/mol. The first-order chi connectivity index (χ1) is 9.28. The Morgan fingerprint density at radius 1 is 1.24 bits per heavy atom. The Hall–Kier alpha value is -0.320. The van der Waals surface area contributed by atoms with Gasteiger partial charge >= 0.3 is 0 Å². The summed E-state index contributed by atoms with van der Waals surface area (Å²) in [5.74, 6) is 0.595. The van der Waals surface area contributed by atoms with Gasteiger partial charge in [0, 0.05) is 12.6 Å². The summed E-state index contributed by atoms with van der Waals surface area (Å²) in [5.41, 5.74) is 5.32. The number of hydrogen-bond acceptors (Lipinski definition) is 3. The van der Waals surface area contributed by atoms with Crippen molar-refractivity contribution in [1.29, 1.82) is 0 Å². The van der Waals surface area contributed by atoms with Gasteiger partial charge in [-0.2, -0.15) is 0 Å². The van der Waals surface area contributed by atoms with Crippen LogP contribution in [0.15, 0.2) is 0 Å². The second kappa shape index (κ2) is 11.3. The molecule has 5 heteroatoms. The van der Waals surface area contributed by atoms with Crippen LogP contribution in [-0.4, -0.2) is 42.0 Å². The van der Waals surface area contributed by atoms with E-state index in [2.05, 4.69) is 44.8 Å². The molecule has 0 bridgehead atoms. The van der Waals surface area contributed by atoms with Crippen LogP contribution < -0.4 is 11.1 Å². The van der Waals surface area contributed by atoms with Gasteiger partial charge < -0.3 is 11.1 Å². The Bertz CT molecular complexity index is 279. The van der Waals surface area contributed by atoms with Crippen molar-refractivity contribution in [2.75, 3.05) is 19.6 Å². The number of nitrogens with two attached hydrogens (primary N) is 1. The molecule has 0 aromatic rings. The summed E-state index contributed by atoms with van der Waals surface area (Å²) >= 11 is 0. The first kappa shape index (κ1) is 23.0. The number of nitrogens with one attached hydrogen (secondary N) is 1. The maximum Gasteiger partial charge on any atom is 0.239 e. The second-order valence-electron chi connectivity index (χ2n) is 6.38. The molecule has 2 unspecified atom stereocenters. The fourth-order valence-corrected chi connectivity index (χ4v) is 2.69. The van der Waals surface area contributed by atoms with E-state index in [-0.39, 0.29) is 18.3 Å². The van der Waals surface area contributed by atoms with Crippen molar-refractivity contribution in [3.63, 3.8) is 0 Å². The Morgan fingerprint density at radius 2 is 1.76 bits per heavy atom. The van der Waals surface area contributed by atoms with Crippen molar-refractivity contribution in [3.05, 3.63) is 0 Å². The lowest BCUT2D eigenvalue weighted by molar-refractivity contribution is -0.126. The minimum absolute atomic E-state index is 0. The van der Waals surface area contributed by atoms with Crippen molar-refractivity contribution in [1.82, 2.24) is 10.2 Å². The normalized spacial score (nSPS) is 15.5. The highest BCUT2D eigenvalue weighted by Crippen LogP contribution is 2.12. The summed E-state index contributed by atoms with van der Waals surface area (Å²) in [4.78, 5) is 14.6. The molecular formula is C16H36ClN3O. The molecule has 0 aromatic heterocycles. The number of carbonyl (C=O) groups is 1. The van der Waals surface area contributed by atoms with Gasteiger partial charge in [0.15, 0.2) is 0 Å². The molecule has 2 atom stereocenters. The molecule has 1 amide bonds. The van der Waals surface area contributed by atoms with E-state index >= 15 is 0 Å². The van der Waals surface area contributed by atoms with E-state index in [1.807, 2.05) is 6.92 Å². The van der Waals surface area contributed by atoms with Crippen molar-refractivity contribution >= 4 is 18.3 Å². The van der Waals surface area contributed by atoms with Gasteiger partial charge in [0.1, 0.15) is 0 Å². The van der Waals surface area contributed by atoms with E-state index in [1.54, 1.807) is 0 Å². The SMILES string of the molecule is CCCC(C)(N)C(=O)NCC(CC(C)C)N(CC)CC.Cl. The van der Waals surface area contributed by atoms with Crippen LogP contribution in [0.1, 0.15) is 60.8 Å². The molecule has 0 radical (unpaired) electrons. The maximum atomic E-state index is 12.2. The van der Waals surface area contributed by atoms with Crippen LogP contribution in [0.3, 0.4) is 0 Å². The van der Waals surface area contributed by atoms with Crippen molar-refractivity contribution < 1.29 is 4.79 Å². The van der Waals surface area contributed by atoms with E-state index in [0.29, 0.717) is 18.5 Å². The zero-order valence-corrected chi connectivity index (χ0v) is 15.6. The molecule has 0 aliphatic carbocycles. The summed E-state index contributed by atoms with van der Waals surface area (Å²) in [7, 11) is 0. The molecule has 0 heterocycles. The van der Waals surface area contributed by atoms with E-state index in [9.17, 15) is 4.79 Å². The smallest absolute Gasteiger partial charge is 0.239 e. The predicted octanol–water partition coefficient (Wildman–Crippen LogP) is 2.80. The summed E-state index contributed by atoms with van der Waals surface area (Å²) in [6.07, 6.45) is 2.74. The summed E-state index contributed by atoms with van der Waals surface area (Å²) in [6.45, 7) is 15.4. The van der Waals surface area contributed by atoms with Crippen LogP contribution in [0.2, 0.25) is 0 Å². The fourth-order valence-electron chi connectivity index (χ4n) is 2.69. The standard InChI is InChI=1S/C16H35N3O.ClH/c1-7-10-16(6,17)15(20)18-12-14(11-13(4)5)19(8-2)9-3;/h13-14H,7-12,17H2,1-6H3,(H,18,20);1H. The van der Waals surface area contributed by atoms with Crippen LogP contribution in [0, 0.1) is 5.92 Å². The van der Waals surface area contributed by atoms with Gasteiger partial charge in [-0.05, 0) is 38.8 Å². The minimum atomic E-state index is -0.750. The van der Waals surface area contributed by atoms with E-state index in [4.69, 9.17) is 5.73 Å². The Balaban J connectivity index is 0. The number of nitrogens with zero attached hydrogens (tertiary/aromatic N) is 1. The van der Waals surface area contributed by atoms with Crippen LogP contribution in [0.4, 0.5) is 0 Å². The van der Waals surface area contributed by atoms with E-state index in [0.717, 1.165) is 32.4 Å². The zero-order chi connectivity index (χ0) is 15.8. The molecule has 0 aromatic carbocycles. The van der Waals surface area contributed by atoms with Crippen molar-refractivity contribution in [3.8, 4) is 0 Å². The summed E-state index contributed by atoms with van der Waals surface area (Å²) in [6, 6.07) is 0.395. The van der Waals surface area contributed by atoms with E-state index < -0.39 is 5.54 Å². The second-order valence-corrected chi connectivity index (χ2v) is 6.38. The van der Waals surface area contributed by atoms with Gasteiger partial charge in [-0.25, -0.2) is 0 Å². The van der Waals surface area contributed by atoms with Crippen molar-refractivity contribution in [2.24, 2.45) is 11.7 Å². The molecule has 0 aliphatic rings. The summed E-state index contributed by atoms with van der Waals surface area (Å²) < 4.78 is 0. The highest BCUT2D eigenvalue weighted by atomic mass is 35.5. The van der Waals surface area contributed by atoms with Gasteiger partial charge in [0.2, 0.25) is 5.91 Å². The van der Waals surface area contributed by atoms with Gasteiger partial charge in [-0.1, -0.05) is 41.0 Å². The molecule has 0 rings (SSSR count). The lowest BCUT2D eigenvalue weighted by atomic mass is 9.96. The molecular weight excluding hydrogens is 286 g/mol. The van der Waals surface area contributed by atoms with Crippen LogP contribution in [0.25, 0.3) is 0 Å². The number of carbonyl (C=O) groups excluding carboxylic acids is 1. The number of likely N-dealkylation sites (N-methyl/N-ethyl adjacent to an activating group) is 1. The molecule has 0 aliphatic heterocycles. The fraction of sp³-hybridized carbons (Fsp3) is 0.938. The average Bonchev–Trinajstić information content (AvgIpc) is 2.35. The van der Waals surface area contributed by atoms with E-state index in [1.165, 1.54) is 0 Å². The number of halogens is 1. The molecule has 3 N–H and O–H groups in total. The van der Waals surface area contributed by atoms with Gasteiger partial charge in [0.25, 0.3) is 0 Å². The third kappa shape index (κ3) is 8.64. The highest BCUT2D eigenvalue weighted by Gasteiger charge is 2.28. The maximum absolute atomic E-state index is 12.2. The van der Waals surface area contributed by atoms with Crippen LogP contribution in [-0.2, 0) is 4.79 Å². The average molecular weight is 322 g/mol. The highest BCUT2D eigenvalue weighted by molar-refractivity contribution is 5.85. The lowest BCUT2D eigenvalue weighted by Crippen LogP contribution is -2.54. The molecule has 0 saturated heterocycles. The number of rotatable bonds is 10. The largest absolute Gasteiger partial charge is 0.353 e. The molecule has 128 valence electrons. The first-order valence-corrected chi connectivity index (χ1v) is 8.09. The molecule has 0 spiro atoms. The topological polar surface area (TPSA) is 58.4 Å². The number of amides is 1. The van der Waals surface area contributed by atoms with Gasteiger partial charge in [-0.3, -0.25) is 9.69 Å². The van der Waals surface area contributed by atoms with Crippen LogP contribution >= 0.6 is 12.4 Å². The van der Waals surface area contributed by atoms with Crippen LogP contribution in [0.5, 0.6) is 0 Å². The zero-order valence-electron chi connectivity index (χ0n) is 14.7. The Morgan fingerprint density at radius 3 is 2.14 bits per heavy atom. The third-order valence-electron chi connectivity index (χ3n) is 3.86. The van der Waals surface area contributed by atoms with Gasteiger partial charge in [-0.15, -0.1) is 12.4 Å². The Labute approximate surface area is 137 Å².